The average Bonchev–Trinajstić information content (AvgIpc) is 3.39. The summed E-state index contributed by atoms with van der Waals surface area (Å²) >= 11 is 0. The molecule has 1 atom stereocenters. The second-order valence-electron chi connectivity index (χ2n) is 9.86. The SMILES string of the molecule is O=C(N1Cc2c(C3CC3)cccc2N(Cc2cnc[nH]2)[C@@H](C23CC(C2)C3)C1)C(F)(F)F. The number of alkyl halides is 3. The Kier molecular flexibility index (Phi) is 4.02. The van der Waals surface area contributed by atoms with Gasteiger partial charge in [-0.15, -0.1) is 0 Å². The summed E-state index contributed by atoms with van der Waals surface area (Å²) in [6, 6.07) is 5.94. The number of benzene rings is 1. The Morgan fingerprint density at radius 1 is 1.23 bits per heavy atom. The number of fused-ring (bicyclic) bond motifs is 1. The number of aromatic nitrogens is 2. The smallest absolute Gasteiger partial charge is 0.360 e. The van der Waals surface area contributed by atoms with Gasteiger partial charge in [-0.3, -0.25) is 4.79 Å². The van der Waals surface area contributed by atoms with Crippen molar-refractivity contribution >= 4 is 11.6 Å². The molecule has 0 radical (unpaired) electrons. The van der Waals surface area contributed by atoms with Crippen molar-refractivity contribution in [3.63, 3.8) is 0 Å². The van der Waals surface area contributed by atoms with Gasteiger partial charge in [0.2, 0.25) is 0 Å². The van der Waals surface area contributed by atoms with Crippen LogP contribution in [0.4, 0.5) is 18.9 Å². The summed E-state index contributed by atoms with van der Waals surface area (Å²) in [5, 5.41) is 0. The standard InChI is InChI=1S/C23H25F3N4O/c24-23(25,26)21(31)29-11-18-17(15-4-5-15)2-1-3-19(18)30(10-16-9-27-13-28-16)20(12-29)22-6-14(7-22)8-22/h1-3,9,13-15,20H,4-8,10-12H2,(H,27,28)/t14?,20-,22?/m1/s1. The highest BCUT2D eigenvalue weighted by Crippen LogP contribution is 2.67. The number of nitrogens with zero attached hydrogens (tertiary/aromatic N) is 3. The molecule has 4 saturated carbocycles. The summed E-state index contributed by atoms with van der Waals surface area (Å²) in [5.74, 6) is -0.636. The summed E-state index contributed by atoms with van der Waals surface area (Å²) in [7, 11) is 0. The molecular formula is C23H25F3N4O. The van der Waals surface area contributed by atoms with Gasteiger partial charge in [-0.1, -0.05) is 12.1 Å². The van der Waals surface area contributed by atoms with E-state index in [1.165, 1.54) is 0 Å². The first-order valence-corrected chi connectivity index (χ1v) is 11.1. The van der Waals surface area contributed by atoms with E-state index in [1.54, 1.807) is 12.5 Å². The number of nitrogens with one attached hydrogen (secondary N) is 1. The van der Waals surface area contributed by atoms with Crippen LogP contribution in [0.2, 0.25) is 0 Å². The van der Waals surface area contributed by atoms with Crippen molar-refractivity contribution in [2.75, 3.05) is 11.4 Å². The van der Waals surface area contributed by atoms with E-state index >= 15 is 0 Å². The zero-order valence-electron chi connectivity index (χ0n) is 17.2. The third kappa shape index (κ3) is 3.05. The van der Waals surface area contributed by atoms with Crippen LogP contribution in [0.5, 0.6) is 0 Å². The van der Waals surface area contributed by atoms with Crippen LogP contribution in [0.15, 0.2) is 30.7 Å². The molecule has 4 fully saturated rings. The zero-order chi connectivity index (χ0) is 21.4. The Balaban J connectivity index is 1.47. The molecule has 2 heterocycles. The van der Waals surface area contributed by atoms with Crippen LogP contribution < -0.4 is 4.90 Å². The first-order valence-electron chi connectivity index (χ1n) is 11.1. The van der Waals surface area contributed by atoms with Crippen LogP contribution in [0.1, 0.15) is 54.8 Å². The highest BCUT2D eigenvalue weighted by Gasteiger charge is 2.63. The molecule has 5 nitrogen and oxygen atoms in total. The Hall–Kier alpha value is -2.51. The lowest BCUT2D eigenvalue weighted by Crippen LogP contribution is -2.66. The van der Waals surface area contributed by atoms with Gasteiger partial charge in [0, 0.05) is 25.0 Å². The van der Waals surface area contributed by atoms with Crippen molar-refractivity contribution in [1.82, 2.24) is 14.9 Å². The van der Waals surface area contributed by atoms with Crippen molar-refractivity contribution < 1.29 is 18.0 Å². The molecule has 1 aromatic carbocycles. The van der Waals surface area contributed by atoms with E-state index in [-0.39, 0.29) is 24.5 Å². The first-order chi connectivity index (χ1) is 14.8. The molecule has 0 saturated heterocycles. The van der Waals surface area contributed by atoms with Crippen molar-refractivity contribution in [3.05, 3.63) is 47.5 Å². The normalized spacial score (nSPS) is 29.6. The maximum atomic E-state index is 13.5. The molecule has 1 aliphatic heterocycles. The molecule has 8 heteroatoms. The number of carbonyl (C=O) groups is 1. The minimum absolute atomic E-state index is 0.00596. The van der Waals surface area contributed by atoms with Gasteiger partial charge in [-0.2, -0.15) is 13.2 Å². The summed E-state index contributed by atoms with van der Waals surface area (Å²) in [6.45, 7) is 0.681. The molecule has 164 valence electrons. The van der Waals surface area contributed by atoms with E-state index in [4.69, 9.17) is 0 Å². The molecule has 0 spiro atoms. The predicted molar refractivity (Wildman–Crippen MR) is 108 cm³/mol. The van der Waals surface area contributed by atoms with E-state index in [9.17, 15) is 18.0 Å². The minimum Gasteiger partial charge on any atom is -0.360 e. The summed E-state index contributed by atoms with van der Waals surface area (Å²) < 4.78 is 40.6. The number of anilines is 1. The zero-order valence-corrected chi connectivity index (χ0v) is 17.2. The second-order valence-corrected chi connectivity index (χ2v) is 9.86. The van der Waals surface area contributed by atoms with Crippen LogP contribution in [0.25, 0.3) is 0 Å². The number of amides is 1. The lowest BCUT2D eigenvalue weighted by molar-refractivity contribution is -0.189. The number of hydrogen-bond acceptors (Lipinski definition) is 3. The molecule has 7 rings (SSSR count). The van der Waals surface area contributed by atoms with E-state index in [0.717, 1.165) is 59.5 Å². The Morgan fingerprint density at radius 3 is 2.58 bits per heavy atom. The molecule has 2 aromatic rings. The van der Waals surface area contributed by atoms with Crippen LogP contribution in [-0.4, -0.2) is 39.5 Å². The Morgan fingerprint density at radius 2 is 2.00 bits per heavy atom. The van der Waals surface area contributed by atoms with Crippen molar-refractivity contribution in [3.8, 4) is 0 Å². The number of rotatable bonds is 4. The van der Waals surface area contributed by atoms with Gasteiger partial charge < -0.3 is 14.8 Å². The summed E-state index contributed by atoms with van der Waals surface area (Å²) in [4.78, 5) is 23.1. The highest BCUT2D eigenvalue weighted by molar-refractivity contribution is 5.82. The molecule has 1 amide bonds. The van der Waals surface area contributed by atoms with Crippen LogP contribution in [0, 0.1) is 11.3 Å². The number of hydrogen-bond donors (Lipinski definition) is 1. The molecule has 1 aromatic heterocycles. The van der Waals surface area contributed by atoms with E-state index < -0.39 is 12.1 Å². The second kappa shape index (κ2) is 6.50. The van der Waals surface area contributed by atoms with Crippen molar-refractivity contribution in [2.24, 2.45) is 11.3 Å². The molecule has 2 bridgehead atoms. The van der Waals surface area contributed by atoms with Crippen LogP contribution in [0.3, 0.4) is 0 Å². The van der Waals surface area contributed by atoms with Crippen molar-refractivity contribution in [1.29, 1.82) is 0 Å². The fourth-order valence-corrected chi connectivity index (χ4v) is 6.10. The predicted octanol–water partition coefficient (Wildman–Crippen LogP) is 4.37. The van der Waals surface area contributed by atoms with Gasteiger partial charge in [0.15, 0.2) is 0 Å². The van der Waals surface area contributed by atoms with Gasteiger partial charge in [-0.05, 0) is 66.5 Å². The fraction of sp³-hybridized carbons (Fsp3) is 0.565. The topological polar surface area (TPSA) is 52.2 Å². The number of H-pyrrole nitrogens is 1. The highest BCUT2D eigenvalue weighted by atomic mass is 19.4. The lowest BCUT2D eigenvalue weighted by Gasteiger charge is -2.67. The number of imidazole rings is 1. The van der Waals surface area contributed by atoms with Crippen LogP contribution in [-0.2, 0) is 17.9 Å². The molecule has 4 aliphatic carbocycles. The molecule has 31 heavy (non-hydrogen) atoms. The molecule has 5 aliphatic rings. The van der Waals surface area contributed by atoms with Gasteiger partial charge >= 0.3 is 12.1 Å². The maximum Gasteiger partial charge on any atom is 0.471 e. The number of carbonyl (C=O) groups excluding carboxylic acids is 1. The molecule has 1 N–H and O–H groups in total. The molecule has 0 unspecified atom stereocenters. The van der Waals surface area contributed by atoms with E-state index in [2.05, 4.69) is 14.9 Å². The Labute approximate surface area is 178 Å². The largest absolute Gasteiger partial charge is 0.471 e. The number of aromatic amines is 1. The fourth-order valence-electron chi connectivity index (χ4n) is 6.10. The number of halogens is 3. The quantitative estimate of drug-likeness (QED) is 0.784. The lowest BCUT2D eigenvalue weighted by atomic mass is 9.41. The van der Waals surface area contributed by atoms with Crippen LogP contribution >= 0.6 is 0 Å². The Bertz CT molecular complexity index is 997. The average molecular weight is 430 g/mol. The first kappa shape index (κ1) is 19.2. The third-order valence-electron chi connectivity index (χ3n) is 7.85. The maximum absolute atomic E-state index is 13.5. The third-order valence-corrected chi connectivity index (χ3v) is 7.85. The summed E-state index contributed by atoms with van der Waals surface area (Å²) in [5.41, 5.74) is 3.90. The van der Waals surface area contributed by atoms with Gasteiger partial charge in [0.05, 0.1) is 24.6 Å². The monoisotopic (exact) mass is 430 g/mol. The summed E-state index contributed by atoms with van der Waals surface area (Å²) in [6.07, 6.45) is 3.78. The van der Waals surface area contributed by atoms with E-state index in [0.29, 0.717) is 18.4 Å². The minimum atomic E-state index is -4.86. The van der Waals surface area contributed by atoms with Gasteiger partial charge in [0.1, 0.15) is 0 Å². The molecular weight excluding hydrogens is 405 g/mol. The van der Waals surface area contributed by atoms with E-state index in [1.807, 2.05) is 18.2 Å². The van der Waals surface area contributed by atoms with Gasteiger partial charge in [0.25, 0.3) is 0 Å². The van der Waals surface area contributed by atoms with Crippen molar-refractivity contribution in [2.45, 2.75) is 63.3 Å². The van der Waals surface area contributed by atoms with Gasteiger partial charge in [-0.25, -0.2) is 4.98 Å².